The molecule has 0 saturated heterocycles. The lowest BCUT2D eigenvalue weighted by atomic mass is 9.86. The average Bonchev–Trinajstić information content (AvgIpc) is 2.54. The van der Waals surface area contributed by atoms with Crippen LogP contribution in [0, 0.1) is 5.92 Å². The van der Waals surface area contributed by atoms with Crippen molar-refractivity contribution in [3.05, 3.63) is 29.8 Å². The van der Waals surface area contributed by atoms with Gasteiger partial charge in [0.1, 0.15) is 0 Å². The molecule has 2 atom stereocenters. The molecule has 4 heteroatoms. The number of nitrogens with zero attached hydrogens (tertiary/aromatic N) is 1. The summed E-state index contributed by atoms with van der Waals surface area (Å²) in [4.78, 5) is 16.0. The molecule has 2 rings (SSSR count). The highest BCUT2D eigenvalue weighted by Crippen LogP contribution is 2.27. The minimum absolute atomic E-state index is 0.000713. The molecule has 0 radical (unpaired) electrons. The zero-order valence-corrected chi connectivity index (χ0v) is 14.4. The van der Waals surface area contributed by atoms with Gasteiger partial charge in [-0.1, -0.05) is 25.5 Å². The van der Waals surface area contributed by atoms with Gasteiger partial charge in [-0.15, -0.1) is 11.8 Å². The molecule has 1 N–H and O–H groups in total. The normalized spacial score (nSPS) is 21.6. The van der Waals surface area contributed by atoms with Crippen molar-refractivity contribution in [1.82, 2.24) is 4.90 Å². The smallest absolute Gasteiger partial charge is 0.226 e. The van der Waals surface area contributed by atoms with E-state index >= 15 is 0 Å². The van der Waals surface area contributed by atoms with Crippen molar-refractivity contribution in [2.45, 2.75) is 56.6 Å². The second kappa shape index (κ2) is 8.59. The van der Waals surface area contributed by atoms with Gasteiger partial charge in [0.15, 0.2) is 0 Å². The van der Waals surface area contributed by atoms with E-state index in [-0.39, 0.29) is 17.9 Å². The molecular weight excluding hydrogens is 294 g/mol. The van der Waals surface area contributed by atoms with E-state index < -0.39 is 0 Å². The Kier molecular flexibility index (Phi) is 6.77. The molecule has 1 fully saturated rings. The molecule has 1 amide bonds. The van der Waals surface area contributed by atoms with Gasteiger partial charge in [0.05, 0.1) is 6.10 Å². The summed E-state index contributed by atoms with van der Waals surface area (Å²) < 4.78 is 0. The maximum atomic E-state index is 12.8. The summed E-state index contributed by atoms with van der Waals surface area (Å²) >= 11 is 1.73. The Morgan fingerprint density at radius 2 is 2.05 bits per heavy atom. The Bertz CT molecular complexity index is 474. The van der Waals surface area contributed by atoms with Crippen molar-refractivity contribution >= 4 is 17.7 Å². The maximum Gasteiger partial charge on any atom is 0.226 e. The van der Waals surface area contributed by atoms with Crippen LogP contribution >= 0.6 is 11.8 Å². The number of thioether (sulfide) groups is 1. The highest BCUT2D eigenvalue weighted by molar-refractivity contribution is 7.98. The van der Waals surface area contributed by atoms with Gasteiger partial charge in [0.25, 0.3) is 0 Å². The molecule has 1 saturated carbocycles. The zero-order chi connectivity index (χ0) is 15.9. The first-order chi connectivity index (χ1) is 10.6. The molecule has 0 spiro atoms. The lowest BCUT2D eigenvalue weighted by Gasteiger charge is -2.31. The zero-order valence-electron chi connectivity index (χ0n) is 13.6. The van der Waals surface area contributed by atoms with Crippen LogP contribution in [0.2, 0.25) is 0 Å². The van der Waals surface area contributed by atoms with Crippen LogP contribution in [0.1, 0.15) is 44.6 Å². The van der Waals surface area contributed by atoms with Gasteiger partial charge >= 0.3 is 0 Å². The van der Waals surface area contributed by atoms with Crippen molar-refractivity contribution in [2.75, 3.05) is 12.8 Å². The Morgan fingerprint density at radius 3 is 2.64 bits per heavy atom. The molecular formula is C18H27NO2S. The van der Waals surface area contributed by atoms with Crippen LogP contribution in [0.15, 0.2) is 29.2 Å². The van der Waals surface area contributed by atoms with E-state index in [1.807, 2.05) is 4.90 Å². The van der Waals surface area contributed by atoms with E-state index in [0.29, 0.717) is 13.0 Å². The number of carbonyl (C=O) groups excluding carboxylic acids is 1. The summed E-state index contributed by atoms with van der Waals surface area (Å²) in [6.07, 6.45) is 6.08. The van der Waals surface area contributed by atoms with Crippen molar-refractivity contribution in [1.29, 1.82) is 0 Å². The van der Waals surface area contributed by atoms with Crippen LogP contribution in [0.5, 0.6) is 0 Å². The number of rotatable bonds is 6. The molecule has 0 unspecified atom stereocenters. The van der Waals surface area contributed by atoms with Gasteiger partial charge in [-0.2, -0.15) is 0 Å². The first-order valence-corrected chi connectivity index (χ1v) is 9.46. The molecule has 1 aliphatic rings. The summed E-state index contributed by atoms with van der Waals surface area (Å²) in [5.41, 5.74) is 1.18. The molecule has 0 bridgehead atoms. The van der Waals surface area contributed by atoms with Gasteiger partial charge in [-0.25, -0.2) is 0 Å². The Morgan fingerprint density at radius 1 is 1.32 bits per heavy atom. The van der Waals surface area contributed by atoms with Crippen molar-refractivity contribution < 1.29 is 9.90 Å². The number of hydrogen-bond donors (Lipinski definition) is 1. The second-order valence-electron chi connectivity index (χ2n) is 6.13. The number of hydrogen-bond acceptors (Lipinski definition) is 3. The number of carbonyl (C=O) groups is 1. The molecule has 0 aliphatic heterocycles. The monoisotopic (exact) mass is 321 g/mol. The third kappa shape index (κ3) is 4.75. The van der Waals surface area contributed by atoms with E-state index in [1.54, 1.807) is 11.8 Å². The predicted octanol–water partition coefficient (Wildman–Crippen LogP) is 3.70. The fraction of sp³-hybridized carbons (Fsp3) is 0.611. The summed E-state index contributed by atoms with van der Waals surface area (Å²) in [6, 6.07) is 8.44. The molecule has 0 heterocycles. The van der Waals surface area contributed by atoms with Gasteiger partial charge in [0.2, 0.25) is 5.91 Å². The number of aliphatic hydroxyl groups is 1. The minimum atomic E-state index is -0.299. The van der Waals surface area contributed by atoms with E-state index in [0.717, 1.165) is 32.2 Å². The largest absolute Gasteiger partial charge is 0.393 e. The molecule has 122 valence electrons. The molecule has 0 aromatic heterocycles. The lowest BCUT2D eigenvalue weighted by Crippen LogP contribution is -2.39. The van der Waals surface area contributed by atoms with E-state index in [9.17, 15) is 9.90 Å². The van der Waals surface area contributed by atoms with Crippen LogP contribution in [0.25, 0.3) is 0 Å². The highest BCUT2D eigenvalue weighted by atomic mass is 32.2. The van der Waals surface area contributed by atoms with Gasteiger partial charge < -0.3 is 10.0 Å². The van der Waals surface area contributed by atoms with Gasteiger partial charge in [-0.3, -0.25) is 4.79 Å². The first kappa shape index (κ1) is 17.4. The van der Waals surface area contributed by atoms with Crippen LogP contribution in [0.3, 0.4) is 0 Å². The van der Waals surface area contributed by atoms with Crippen LogP contribution in [0.4, 0.5) is 0 Å². The summed E-state index contributed by atoms with van der Waals surface area (Å²) in [5.74, 6) is 0.218. The van der Waals surface area contributed by atoms with Crippen LogP contribution in [-0.2, 0) is 11.3 Å². The Hall–Kier alpha value is -1.00. The fourth-order valence-corrected chi connectivity index (χ4v) is 3.54. The molecule has 1 aromatic carbocycles. The van der Waals surface area contributed by atoms with Crippen LogP contribution in [-0.4, -0.2) is 34.8 Å². The standard InChI is InChI=1S/C18H27NO2S/c1-3-11-19(13-14-7-9-17(22-2)10-8-14)18(21)15-5-4-6-16(20)12-15/h7-10,15-16,20H,3-6,11-13H2,1-2H3/t15-,16-/m1/s1. The minimum Gasteiger partial charge on any atom is -0.393 e. The summed E-state index contributed by atoms with van der Waals surface area (Å²) in [7, 11) is 0. The molecule has 1 aliphatic carbocycles. The maximum absolute atomic E-state index is 12.8. The predicted molar refractivity (Wildman–Crippen MR) is 91.9 cm³/mol. The molecule has 22 heavy (non-hydrogen) atoms. The SMILES string of the molecule is CCCN(Cc1ccc(SC)cc1)C(=O)[C@@H]1CCC[C@@H](O)C1. The number of amides is 1. The Balaban J connectivity index is 2.02. The topological polar surface area (TPSA) is 40.5 Å². The average molecular weight is 321 g/mol. The summed E-state index contributed by atoms with van der Waals surface area (Å²) in [6.45, 7) is 3.57. The first-order valence-electron chi connectivity index (χ1n) is 8.23. The molecule has 1 aromatic rings. The van der Waals surface area contributed by atoms with E-state index in [4.69, 9.17) is 0 Å². The third-order valence-electron chi connectivity index (χ3n) is 4.33. The van der Waals surface area contributed by atoms with Crippen molar-refractivity contribution in [3.8, 4) is 0 Å². The van der Waals surface area contributed by atoms with E-state index in [2.05, 4.69) is 37.4 Å². The van der Waals surface area contributed by atoms with Crippen molar-refractivity contribution in [2.24, 2.45) is 5.92 Å². The Labute approximate surface area is 138 Å². The van der Waals surface area contributed by atoms with E-state index in [1.165, 1.54) is 10.5 Å². The molecule has 3 nitrogen and oxygen atoms in total. The van der Waals surface area contributed by atoms with Gasteiger partial charge in [0, 0.05) is 23.9 Å². The van der Waals surface area contributed by atoms with Crippen molar-refractivity contribution in [3.63, 3.8) is 0 Å². The summed E-state index contributed by atoms with van der Waals surface area (Å²) in [5, 5.41) is 9.81. The second-order valence-corrected chi connectivity index (χ2v) is 7.00. The third-order valence-corrected chi connectivity index (χ3v) is 5.08. The fourth-order valence-electron chi connectivity index (χ4n) is 3.13. The van der Waals surface area contributed by atoms with Gasteiger partial charge in [-0.05, 0) is 49.6 Å². The quantitative estimate of drug-likeness (QED) is 0.812. The lowest BCUT2D eigenvalue weighted by molar-refractivity contribution is -0.138. The highest BCUT2D eigenvalue weighted by Gasteiger charge is 2.29. The van der Waals surface area contributed by atoms with Crippen LogP contribution < -0.4 is 0 Å². The number of aliphatic hydroxyl groups excluding tert-OH is 1. The number of benzene rings is 1.